The molecule has 2 unspecified atom stereocenters. The number of ether oxygens (including phenoxy) is 1. The van der Waals surface area contributed by atoms with Gasteiger partial charge in [-0.25, -0.2) is 4.98 Å². The molecule has 0 aliphatic carbocycles. The molecule has 1 aliphatic heterocycles. The number of nitrogens with one attached hydrogen (secondary N) is 1. The first-order chi connectivity index (χ1) is 9.85. The van der Waals surface area contributed by atoms with Crippen LogP contribution in [0.3, 0.4) is 0 Å². The highest BCUT2D eigenvalue weighted by atomic mass is 16.5. The highest BCUT2D eigenvalue weighted by Gasteiger charge is 2.20. The molecule has 1 fully saturated rings. The van der Waals surface area contributed by atoms with Crippen LogP contribution in [0, 0.1) is 0 Å². The monoisotopic (exact) mass is 279 g/mol. The van der Waals surface area contributed by atoms with Gasteiger partial charge in [-0.3, -0.25) is 0 Å². The molecule has 114 valence electrons. The quantitative estimate of drug-likeness (QED) is 0.793. The van der Waals surface area contributed by atoms with Gasteiger partial charge >= 0.3 is 0 Å². The molecule has 0 amide bonds. The van der Waals surface area contributed by atoms with Gasteiger partial charge in [-0.05, 0) is 52.0 Å². The number of hydrogen-bond donors (Lipinski definition) is 1. The predicted molar refractivity (Wildman–Crippen MR) is 81.8 cm³/mol. The van der Waals surface area contributed by atoms with E-state index in [-0.39, 0.29) is 0 Å². The van der Waals surface area contributed by atoms with Gasteiger partial charge in [0.25, 0.3) is 0 Å². The first kappa shape index (κ1) is 15.5. The Balaban J connectivity index is 1.92. The van der Waals surface area contributed by atoms with Crippen molar-refractivity contribution in [2.24, 2.45) is 0 Å². The minimum absolute atomic E-state index is 0.357. The molecular weight excluding hydrogens is 250 g/mol. The lowest BCUT2D eigenvalue weighted by atomic mass is 10.0. The SMILES string of the molecule is CCCNC(CCC1CCCCO1)c1nccn1CC. The van der Waals surface area contributed by atoms with E-state index in [1.807, 2.05) is 6.20 Å². The van der Waals surface area contributed by atoms with E-state index >= 15 is 0 Å². The second-order valence-electron chi connectivity index (χ2n) is 5.64. The first-order valence-electron chi connectivity index (χ1n) is 8.21. The minimum Gasteiger partial charge on any atom is -0.378 e. The van der Waals surface area contributed by atoms with E-state index in [9.17, 15) is 0 Å². The fourth-order valence-electron chi connectivity index (χ4n) is 2.93. The molecule has 2 heterocycles. The maximum absolute atomic E-state index is 5.85. The predicted octanol–water partition coefficient (Wildman–Crippen LogP) is 3.29. The summed E-state index contributed by atoms with van der Waals surface area (Å²) in [4.78, 5) is 4.56. The maximum atomic E-state index is 5.85. The summed E-state index contributed by atoms with van der Waals surface area (Å²) in [5.74, 6) is 1.18. The summed E-state index contributed by atoms with van der Waals surface area (Å²) >= 11 is 0. The van der Waals surface area contributed by atoms with Crippen LogP contribution in [0.5, 0.6) is 0 Å². The first-order valence-corrected chi connectivity index (χ1v) is 8.21. The summed E-state index contributed by atoms with van der Waals surface area (Å²) in [7, 11) is 0. The van der Waals surface area contributed by atoms with Crippen molar-refractivity contribution in [1.29, 1.82) is 0 Å². The zero-order chi connectivity index (χ0) is 14.2. The molecule has 0 bridgehead atoms. The molecule has 1 aromatic rings. The zero-order valence-corrected chi connectivity index (χ0v) is 13.0. The number of aromatic nitrogens is 2. The van der Waals surface area contributed by atoms with Crippen LogP contribution in [-0.4, -0.2) is 28.8 Å². The van der Waals surface area contributed by atoms with Crippen LogP contribution >= 0.6 is 0 Å². The van der Waals surface area contributed by atoms with Crippen molar-refractivity contribution >= 4 is 0 Å². The number of aryl methyl sites for hydroxylation is 1. The Morgan fingerprint density at radius 2 is 2.35 bits per heavy atom. The highest BCUT2D eigenvalue weighted by Crippen LogP contribution is 2.23. The molecule has 1 aromatic heterocycles. The van der Waals surface area contributed by atoms with Crippen molar-refractivity contribution in [3.8, 4) is 0 Å². The van der Waals surface area contributed by atoms with E-state index in [1.54, 1.807) is 0 Å². The summed E-state index contributed by atoms with van der Waals surface area (Å²) < 4.78 is 8.10. The summed E-state index contributed by atoms with van der Waals surface area (Å²) in [5, 5.41) is 3.65. The van der Waals surface area contributed by atoms with Gasteiger partial charge in [-0.15, -0.1) is 0 Å². The van der Waals surface area contributed by atoms with Crippen LogP contribution in [0.1, 0.15) is 64.2 Å². The van der Waals surface area contributed by atoms with Gasteiger partial charge in [0.2, 0.25) is 0 Å². The van der Waals surface area contributed by atoms with Gasteiger partial charge in [0.05, 0.1) is 12.1 Å². The van der Waals surface area contributed by atoms with Gasteiger partial charge in [-0.2, -0.15) is 0 Å². The summed E-state index contributed by atoms with van der Waals surface area (Å²) in [6, 6.07) is 0.357. The third-order valence-corrected chi connectivity index (χ3v) is 4.09. The Kier molecular flexibility index (Phi) is 6.54. The Morgan fingerprint density at radius 3 is 3.05 bits per heavy atom. The molecule has 20 heavy (non-hydrogen) atoms. The number of nitrogens with zero attached hydrogens (tertiary/aromatic N) is 2. The summed E-state index contributed by atoms with van der Waals surface area (Å²) in [6.07, 6.45) is 11.6. The standard InChI is InChI=1S/C16H29N3O/c1-3-10-17-15(16-18-11-12-19(16)4-2)9-8-14-7-5-6-13-20-14/h11-12,14-15,17H,3-10,13H2,1-2H3. The Morgan fingerprint density at radius 1 is 1.45 bits per heavy atom. The van der Waals surface area contributed by atoms with Crippen LogP contribution in [0.2, 0.25) is 0 Å². The van der Waals surface area contributed by atoms with Gasteiger partial charge in [0, 0.05) is 25.5 Å². The number of hydrogen-bond acceptors (Lipinski definition) is 3. The van der Waals surface area contributed by atoms with Crippen molar-refractivity contribution in [3.05, 3.63) is 18.2 Å². The Hall–Kier alpha value is -0.870. The van der Waals surface area contributed by atoms with Crippen molar-refractivity contribution in [2.45, 2.75) is 71.1 Å². The molecule has 0 spiro atoms. The highest BCUT2D eigenvalue weighted by molar-refractivity contribution is 4.99. The van der Waals surface area contributed by atoms with Crippen LogP contribution in [0.25, 0.3) is 0 Å². The fraction of sp³-hybridized carbons (Fsp3) is 0.812. The molecule has 1 saturated heterocycles. The topological polar surface area (TPSA) is 39.1 Å². The second-order valence-corrected chi connectivity index (χ2v) is 5.64. The average molecular weight is 279 g/mol. The van der Waals surface area contributed by atoms with E-state index in [1.165, 1.54) is 25.1 Å². The lowest BCUT2D eigenvalue weighted by Gasteiger charge is -2.25. The van der Waals surface area contributed by atoms with Crippen molar-refractivity contribution in [3.63, 3.8) is 0 Å². The zero-order valence-electron chi connectivity index (χ0n) is 13.0. The largest absolute Gasteiger partial charge is 0.378 e. The van der Waals surface area contributed by atoms with Crippen molar-refractivity contribution < 1.29 is 4.74 Å². The average Bonchev–Trinajstić information content (AvgIpc) is 2.97. The number of rotatable bonds is 8. The summed E-state index contributed by atoms with van der Waals surface area (Å²) in [6.45, 7) is 7.36. The number of imidazole rings is 1. The van der Waals surface area contributed by atoms with E-state index < -0.39 is 0 Å². The molecule has 2 atom stereocenters. The normalized spacial score (nSPS) is 21.0. The molecule has 0 aromatic carbocycles. The van der Waals surface area contributed by atoms with Gasteiger partial charge in [-0.1, -0.05) is 6.92 Å². The fourth-order valence-corrected chi connectivity index (χ4v) is 2.93. The Bertz CT molecular complexity index is 372. The van der Waals surface area contributed by atoms with Crippen molar-refractivity contribution in [1.82, 2.24) is 14.9 Å². The lowest BCUT2D eigenvalue weighted by molar-refractivity contribution is 0.00835. The van der Waals surface area contributed by atoms with Crippen LogP contribution in [-0.2, 0) is 11.3 Å². The molecule has 0 radical (unpaired) electrons. The van der Waals surface area contributed by atoms with Crippen LogP contribution in [0.15, 0.2) is 12.4 Å². The smallest absolute Gasteiger partial charge is 0.125 e. The van der Waals surface area contributed by atoms with Crippen LogP contribution < -0.4 is 5.32 Å². The van der Waals surface area contributed by atoms with Gasteiger partial charge in [0.15, 0.2) is 0 Å². The molecule has 4 heteroatoms. The third kappa shape index (κ3) is 4.32. The van der Waals surface area contributed by atoms with Crippen molar-refractivity contribution in [2.75, 3.05) is 13.2 Å². The van der Waals surface area contributed by atoms with E-state index in [0.717, 1.165) is 39.0 Å². The second kappa shape index (κ2) is 8.42. The lowest BCUT2D eigenvalue weighted by Crippen LogP contribution is -2.27. The molecular formula is C16H29N3O. The van der Waals surface area contributed by atoms with Gasteiger partial charge < -0.3 is 14.6 Å². The van der Waals surface area contributed by atoms with E-state index in [0.29, 0.717) is 12.1 Å². The Labute approximate surface area is 122 Å². The minimum atomic E-state index is 0.357. The molecule has 1 aliphatic rings. The third-order valence-electron chi connectivity index (χ3n) is 4.09. The van der Waals surface area contributed by atoms with Crippen LogP contribution in [0.4, 0.5) is 0 Å². The maximum Gasteiger partial charge on any atom is 0.125 e. The van der Waals surface area contributed by atoms with E-state index in [4.69, 9.17) is 4.74 Å². The van der Waals surface area contributed by atoms with E-state index in [2.05, 4.69) is 34.9 Å². The molecule has 1 N–H and O–H groups in total. The molecule has 4 nitrogen and oxygen atoms in total. The molecule has 0 saturated carbocycles. The summed E-state index contributed by atoms with van der Waals surface area (Å²) in [5.41, 5.74) is 0. The van der Waals surface area contributed by atoms with Gasteiger partial charge in [0.1, 0.15) is 5.82 Å². The molecule has 2 rings (SSSR count).